The van der Waals surface area contributed by atoms with E-state index in [1.807, 2.05) is 6.07 Å². The second kappa shape index (κ2) is 6.29. The maximum absolute atomic E-state index is 11.9. The van der Waals surface area contributed by atoms with Gasteiger partial charge >= 0.3 is 5.97 Å². The van der Waals surface area contributed by atoms with E-state index in [9.17, 15) is 9.59 Å². The molecule has 0 aliphatic heterocycles. The van der Waals surface area contributed by atoms with Crippen LogP contribution in [0.15, 0.2) is 39.7 Å². The second-order valence-electron chi connectivity index (χ2n) is 3.86. The first-order chi connectivity index (χ1) is 9.61. The zero-order valence-corrected chi connectivity index (χ0v) is 11.9. The second-order valence-corrected chi connectivity index (χ2v) is 4.82. The Balaban J connectivity index is 2.30. The van der Waals surface area contributed by atoms with Gasteiger partial charge in [-0.2, -0.15) is 4.99 Å². The van der Waals surface area contributed by atoms with E-state index in [0.29, 0.717) is 16.2 Å². The van der Waals surface area contributed by atoms with Crippen LogP contribution in [0.4, 0.5) is 0 Å². The van der Waals surface area contributed by atoms with Crippen molar-refractivity contribution in [3.8, 4) is 0 Å². The summed E-state index contributed by atoms with van der Waals surface area (Å²) in [7, 11) is 0. The number of ether oxygens (including phenoxy) is 1. The Morgan fingerprint density at radius 1 is 1.30 bits per heavy atom. The van der Waals surface area contributed by atoms with Crippen LogP contribution < -0.4 is 4.87 Å². The van der Waals surface area contributed by atoms with Gasteiger partial charge in [0.2, 0.25) is 0 Å². The third kappa shape index (κ3) is 3.21. The predicted molar refractivity (Wildman–Crippen MR) is 73.6 cm³/mol. The van der Waals surface area contributed by atoms with Gasteiger partial charge in [-0.15, -0.1) is 0 Å². The van der Waals surface area contributed by atoms with Gasteiger partial charge in [-0.25, -0.2) is 4.79 Å². The molecule has 1 aromatic heterocycles. The van der Waals surface area contributed by atoms with Crippen molar-refractivity contribution >= 4 is 23.2 Å². The number of carbonyl (C=O) groups is 2. The van der Waals surface area contributed by atoms with E-state index >= 15 is 0 Å². The highest BCUT2D eigenvalue weighted by Gasteiger charge is 2.16. The Labute approximate surface area is 119 Å². The van der Waals surface area contributed by atoms with E-state index < -0.39 is 11.9 Å². The van der Waals surface area contributed by atoms with Gasteiger partial charge in [-0.1, -0.05) is 29.5 Å². The summed E-state index contributed by atoms with van der Waals surface area (Å²) in [6, 6.07) is 8.65. The van der Waals surface area contributed by atoms with Gasteiger partial charge in [0, 0.05) is 5.56 Å². The quantitative estimate of drug-likeness (QED) is 0.815. The van der Waals surface area contributed by atoms with Crippen molar-refractivity contribution in [1.82, 2.24) is 0 Å². The molecule has 0 unspecified atom stereocenters. The molecule has 0 saturated carbocycles. The maximum Gasteiger partial charge on any atom is 0.351 e. The smallest absolute Gasteiger partial charge is 0.351 e. The molecule has 0 atom stereocenters. The molecule has 0 saturated heterocycles. The summed E-state index contributed by atoms with van der Waals surface area (Å²) in [5.74, 6) is -0.480. The van der Waals surface area contributed by atoms with Gasteiger partial charge in [0.25, 0.3) is 10.8 Å². The molecule has 1 aromatic carbocycles. The molecule has 0 N–H and O–H groups in total. The average Bonchev–Trinajstić information content (AvgIpc) is 2.81. The zero-order valence-electron chi connectivity index (χ0n) is 11.1. The molecule has 2 rings (SSSR count). The molecule has 0 radical (unpaired) electrons. The van der Waals surface area contributed by atoms with E-state index in [2.05, 4.69) is 4.99 Å². The third-order valence-electron chi connectivity index (χ3n) is 2.42. The molecule has 104 valence electrons. The van der Waals surface area contributed by atoms with Crippen LogP contribution in [0, 0.1) is 6.92 Å². The molecule has 0 spiro atoms. The molecular weight excluding hydrogens is 278 g/mol. The van der Waals surface area contributed by atoms with Crippen LogP contribution in [0.1, 0.15) is 32.7 Å². The van der Waals surface area contributed by atoms with Crippen LogP contribution in [0.3, 0.4) is 0 Å². The fourth-order valence-electron chi connectivity index (χ4n) is 1.51. The molecule has 0 bridgehead atoms. The molecule has 20 heavy (non-hydrogen) atoms. The van der Waals surface area contributed by atoms with E-state index in [0.717, 1.165) is 11.3 Å². The number of hydrogen-bond donors (Lipinski definition) is 0. The lowest BCUT2D eigenvalue weighted by atomic mass is 10.2. The highest BCUT2D eigenvalue weighted by molar-refractivity contribution is 7.11. The first-order valence-electron chi connectivity index (χ1n) is 6.03. The number of benzene rings is 1. The Hall–Kier alpha value is -2.21. The Bertz CT molecular complexity index is 685. The number of aryl methyl sites for hydroxylation is 1. The molecule has 5 nitrogen and oxygen atoms in total. The number of carbonyl (C=O) groups excluding carboxylic acids is 2. The number of amides is 1. The van der Waals surface area contributed by atoms with Crippen molar-refractivity contribution in [2.75, 3.05) is 6.61 Å². The van der Waals surface area contributed by atoms with Gasteiger partial charge < -0.3 is 9.15 Å². The monoisotopic (exact) mass is 291 g/mol. The molecule has 0 fully saturated rings. The van der Waals surface area contributed by atoms with Crippen molar-refractivity contribution < 1.29 is 18.7 Å². The van der Waals surface area contributed by atoms with Crippen LogP contribution in [0.2, 0.25) is 0 Å². The van der Waals surface area contributed by atoms with Crippen molar-refractivity contribution in [2.24, 2.45) is 4.99 Å². The fraction of sp³-hybridized carbons (Fsp3) is 0.214. The molecular formula is C14H13NO4S. The standard InChI is InChI=1S/C14H13NO4S/c1-3-18-13(17)11-9(2)19-14(20-11)15-12(16)10-7-5-4-6-8-10/h4-8H,3H2,1-2H3. The normalized spacial score (nSPS) is 11.4. The number of hydrogen-bond acceptors (Lipinski definition) is 5. The van der Waals surface area contributed by atoms with Crippen LogP contribution >= 0.6 is 11.3 Å². The maximum atomic E-state index is 11.9. The summed E-state index contributed by atoms with van der Waals surface area (Å²) in [5, 5.41) is 0. The van der Waals surface area contributed by atoms with Crippen LogP contribution in [0.5, 0.6) is 0 Å². The third-order valence-corrected chi connectivity index (χ3v) is 3.43. The SMILES string of the molecule is CCOC(=O)c1sc(=NC(=O)c2ccccc2)oc1C. The molecule has 0 aliphatic rings. The van der Waals surface area contributed by atoms with E-state index in [1.165, 1.54) is 0 Å². The molecule has 0 aliphatic carbocycles. The van der Waals surface area contributed by atoms with Gasteiger partial charge in [0.1, 0.15) is 5.76 Å². The van der Waals surface area contributed by atoms with Crippen molar-refractivity contribution in [2.45, 2.75) is 13.8 Å². The first-order valence-corrected chi connectivity index (χ1v) is 6.85. The van der Waals surface area contributed by atoms with Gasteiger partial charge in [0.05, 0.1) is 6.61 Å². The van der Waals surface area contributed by atoms with Gasteiger partial charge in [0.15, 0.2) is 4.88 Å². The lowest BCUT2D eigenvalue weighted by molar-refractivity contribution is 0.0529. The highest BCUT2D eigenvalue weighted by atomic mass is 32.1. The largest absolute Gasteiger partial charge is 0.462 e. The van der Waals surface area contributed by atoms with Gasteiger partial charge in [-0.3, -0.25) is 4.79 Å². The summed E-state index contributed by atoms with van der Waals surface area (Å²) < 4.78 is 10.2. The van der Waals surface area contributed by atoms with Crippen LogP contribution in [-0.4, -0.2) is 18.5 Å². The zero-order chi connectivity index (χ0) is 14.5. The van der Waals surface area contributed by atoms with Crippen molar-refractivity contribution in [3.05, 3.63) is 51.4 Å². The molecule has 1 heterocycles. The highest BCUT2D eigenvalue weighted by Crippen LogP contribution is 2.12. The van der Waals surface area contributed by atoms with Crippen molar-refractivity contribution in [3.63, 3.8) is 0 Å². The van der Waals surface area contributed by atoms with E-state index in [4.69, 9.17) is 9.15 Å². The number of rotatable bonds is 3. The number of esters is 1. The topological polar surface area (TPSA) is 68.9 Å². The lowest BCUT2D eigenvalue weighted by Crippen LogP contribution is -2.04. The summed E-state index contributed by atoms with van der Waals surface area (Å²) in [6.07, 6.45) is 0. The molecule has 2 aromatic rings. The predicted octanol–water partition coefficient (Wildman–Crippen LogP) is 2.57. The fourth-order valence-corrected chi connectivity index (χ4v) is 2.31. The minimum Gasteiger partial charge on any atom is -0.462 e. The summed E-state index contributed by atoms with van der Waals surface area (Å²) >= 11 is 1.00. The van der Waals surface area contributed by atoms with Crippen LogP contribution in [0.25, 0.3) is 0 Å². The summed E-state index contributed by atoms with van der Waals surface area (Å²) in [5.41, 5.74) is 0.464. The summed E-state index contributed by atoms with van der Waals surface area (Å²) in [4.78, 5) is 27.9. The molecule has 6 heteroatoms. The van der Waals surface area contributed by atoms with E-state index in [1.54, 1.807) is 38.1 Å². The minimum absolute atomic E-state index is 0.138. The summed E-state index contributed by atoms with van der Waals surface area (Å²) in [6.45, 7) is 3.64. The Kier molecular flexibility index (Phi) is 4.47. The Morgan fingerprint density at radius 3 is 2.65 bits per heavy atom. The van der Waals surface area contributed by atoms with Crippen molar-refractivity contribution in [1.29, 1.82) is 0 Å². The van der Waals surface area contributed by atoms with Crippen LogP contribution in [-0.2, 0) is 4.74 Å². The Morgan fingerprint density at radius 2 is 2.00 bits per heavy atom. The number of nitrogens with zero attached hydrogens (tertiary/aromatic N) is 1. The van der Waals surface area contributed by atoms with Gasteiger partial charge in [-0.05, 0) is 26.0 Å². The van der Waals surface area contributed by atoms with E-state index in [-0.39, 0.29) is 11.5 Å². The lowest BCUT2D eigenvalue weighted by Gasteiger charge is -1.96. The average molecular weight is 291 g/mol. The first kappa shape index (κ1) is 14.2. The molecule has 1 amide bonds. The minimum atomic E-state index is -0.465.